The summed E-state index contributed by atoms with van der Waals surface area (Å²) in [6.45, 7) is 0.322. The van der Waals surface area contributed by atoms with Crippen molar-refractivity contribution < 1.29 is 9.90 Å². The molecule has 0 heterocycles. The number of aryl methyl sites for hydroxylation is 1. The topological polar surface area (TPSA) is 49.3 Å². The van der Waals surface area contributed by atoms with Gasteiger partial charge in [-0.2, -0.15) is 0 Å². The fourth-order valence-electron chi connectivity index (χ4n) is 3.26. The minimum Gasteiger partial charge on any atom is -0.383 e. The lowest BCUT2D eigenvalue weighted by atomic mass is 9.92. The molecule has 1 aromatic carbocycles. The van der Waals surface area contributed by atoms with Gasteiger partial charge < -0.3 is 10.4 Å². The molecule has 106 valence electrons. The van der Waals surface area contributed by atoms with Gasteiger partial charge in [0.05, 0.1) is 6.54 Å². The van der Waals surface area contributed by atoms with E-state index in [-0.39, 0.29) is 11.8 Å². The summed E-state index contributed by atoms with van der Waals surface area (Å²) in [5, 5.41) is 13.7. The van der Waals surface area contributed by atoms with Gasteiger partial charge in [-0.1, -0.05) is 36.4 Å². The van der Waals surface area contributed by atoms with Crippen LogP contribution in [0.15, 0.2) is 36.4 Å². The van der Waals surface area contributed by atoms with Gasteiger partial charge in [0.25, 0.3) is 0 Å². The normalized spacial score (nSPS) is 28.1. The molecule has 0 saturated carbocycles. The molecule has 2 N–H and O–H groups in total. The van der Waals surface area contributed by atoms with Crippen LogP contribution in [0.1, 0.15) is 36.8 Å². The predicted molar refractivity (Wildman–Crippen MR) is 78.2 cm³/mol. The first-order chi connectivity index (χ1) is 9.69. The van der Waals surface area contributed by atoms with Gasteiger partial charge in [0.1, 0.15) is 5.60 Å². The quantitative estimate of drug-likeness (QED) is 0.829. The van der Waals surface area contributed by atoms with E-state index in [4.69, 9.17) is 0 Å². The second-order valence-corrected chi connectivity index (χ2v) is 5.89. The molecule has 0 saturated heterocycles. The molecule has 0 bridgehead atoms. The zero-order chi connectivity index (χ0) is 14.0. The fraction of sp³-hybridized carbons (Fsp3) is 0.471. The van der Waals surface area contributed by atoms with Gasteiger partial charge >= 0.3 is 0 Å². The van der Waals surface area contributed by atoms with Gasteiger partial charge in [0.2, 0.25) is 5.91 Å². The molecule has 2 aliphatic carbocycles. The number of carbonyl (C=O) groups is 1. The second kappa shape index (κ2) is 5.41. The first-order valence-electron chi connectivity index (χ1n) is 7.42. The van der Waals surface area contributed by atoms with E-state index >= 15 is 0 Å². The molecule has 1 aromatic rings. The number of allylic oxidation sites excluding steroid dienone is 2. The van der Waals surface area contributed by atoms with Gasteiger partial charge in [-0.05, 0) is 43.2 Å². The maximum absolute atomic E-state index is 12.2. The number of amides is 1. The Bertz CT molecular complexity index is 538. The SMILES string of the molecule is O=C(NC[C@@]1(O)CCc2ccccc21)[C@H]1CC=CCC1. The van der Waals surface area contributed by atoms with Gasteiger partial charge in [0, 0.05) is 5.92 Å². The van der Waals surface area contributed by atoms with Crippen molar-refractivity contribution in [1.82, 2.24) is 5.32 Å². The van der Waals surface area contributed by atoms with E-state index in [1.807, 2.05) is 18.2 Å². The van der Waals surface area contributed by atoms with Crippen molar-refractivity contribution in [3.05, 3.63) is 47.5 Å². The Morgan fingerprint density at radius 1 is 1.35 bits per heavy atom. The Morgan fingerprint density at radius 3 is 3.00 bits per heavy atom. The molecule has 3 rings (SSSR count). The van der Waals surface area contributed by atoms with Crippen LogP contribution in [0.25, 0.3) is 0 Å². The molecule has 2 atom stereocenters. The van der Waals surface area contributed by atoms with Crippen LogP contribution in [0, 0.1) is 5.92 Å². The molecular formula is C17H21NO2. The molecule has 1 amide bonds. The summed E-state index contributed by atoms with van der Waals surface area (Å²) in [6, 6.07) is 7.97. The van der Waals surface area contributed by atoms with E-state index in [1.54, 1.807) is 0 Å². The van der Waals surface area contributed by atoms with Crippen LogP contribution in [-0.2, 0) is 16.8 Å². The molecule has 20 heavy (non-hydrogen) atoms. The average molecular weight is 271 g/mol. The zero-order valence-electron chi connectivity index (χ0n) is 11.6. The number of hydrogen-bond acceptors (Lipinski definition) is 2. The third-order valence-electron chi connectivity index (χ3n) is 4.52. The summed E-state index contributed by atoms with van der Waals surface area (Å²) in [7, 11) is 0. The van der Waals surface area contributed by atoms with Crippen LogP contribution >= 0.6 is 0 Å². The van der Waals surface area contributed by atoms with E-state index in [2.05, 4.69) is 23.5 Å². The predicted octanol–water partition coefficient (Wildman–Crippen LogP) is 2.29. The van der Waals surface area contributed by atoms with Crippen molar-refractivity contribution in [2.75, 3.05) is 6.54 Å². The Morgan fingerprint density at radius 2 is 2.20 bits per heavy atom. The highest BCUT2D eigenvalue weighted by Gasteiger charge is 2.37. The van der Waals surface area contributed by atoms with E-state index in [0.717, 1.165) is 31.2 Å². The summed E-state index contributed by atoms with van der Waals surface area (Å²) in [5.41, 5.74) is 1.28. The number of carbonyl (C=O) groups excluding carboxylic acids is 1. The van der Waals surface area contributed by atoms with Crippen LogP contribution in [-0.4, -0.2) is 17.6 Å². The third kappa shape index (κ3) is 2.50. The van der Waals surface area contributed by atoms with Crippen molar-refractivity contribution in [3.8, 4) is 0 Å². The molecule has 0 aliphatic heterocycles. The van der Waals surface area contributed by atoms with Gasteiger partial charge in [-0.15, -0.1) is 0 Å². The largest absolute Gasteiger partial charge is 0.383 e. The summed E-state index contributed by atoms with van der Waals surface area (Å²) in [5.74, 6) is 0.146. The monoisotopic (exact) mass is 271 g/mol. The van der Waals surface area contributed by atoms with Crippen LogP contribution in [0.2, 0.25) is 0 Å². The Balaban J connectivity index is 1.64. The van der Waals surface area contributed by atoms with E-state index in [0.29, 0.717) is 13.0 Å². The molecule has 0 unspecified atom stereocenters. The van der Waals surface area contributed by atoms with Crippen molar-refractivity contribution >= 4 is 5.91 Å². The first kappa shape index (κ1) is 13.4. The third-order valence-corrected chi connectivity index (χ3v) is 4.52. The molecule has 3 heteroatoms. The van der Waals surface area contributed by atoms with Gasteiger partial charge in [-0.3, -0.25) is 4.79 Å². The van der Waals surface area contributed by atoms with E-state index in [1.165, 1.54) is 5.56 Å². The molecule has 2 aliphatic rings. The smallest absolute Gasteiger partial charge is 0.223 e. The highest BCUT2D eigenvalue weighted by atomic mass is 16.3. The summed E-state index contributed by atoms with van der Waals surface area (Å²) >= 11 is 0. The van der Waals surface area contributed by atoms with E-state index in [9.17, 15) is 9.90 Å². The van der Waals surface area contributed by atoms with Crippen molar-refractivity contribution in [2.45, 2.75) is 37.7 Å². The number of fused-ring (bicyclic) bond motifs is 1. The van der Waals surface area contributed by atoms with Gasteiger partial charge in [-0.25, -0.2) is 0 Å². The zero-order valence-corrected chi connectivity index (χ0v) is 11.6. The summed E-state index contributed by atoms with van der Waals surface area (Å²) < 4.78 is 0. The van der Waals surface area contributed by atoms with Crippen molar-refractivity contribution in [2.24, 2.45) is 5.92 Å². The average Bonchev–Trinajstić information content (AvgIpc) is 2.84. The van der Waals surface area contributed by atoms with Crippen LogP contribution in [0.4, 0.5) is 0 Å². The lowest BCUT2D eigenvalue weighted by molar-refractivity contribution is -0.126. The molecule has 0 radical (unpaired) electrons. The van der Waals surface area contributed by atoms with Crippen LogP contribution in [0.5, 0.6) is 0 Å². The standard InChI is InChI=1S/C17H21NO2/c19-16(14-7-2-1-3-8-14)18-12-17(20)11-10-13-6-4-5-9-15(13)17/h1-2,4-6,9,14,20H,3,7-8,10-12H2,(H,18,19)/t14-,17-/m0/s1. The molecule has 0 fully saturated rings. The maximum atomic E-state index is 12.2. The Kier molecular flexibility index (Phi) is 3.62. The van der Waals surface area contributed by atoms with Crippen LogP contribution in [0.3, 0.4) is 0 Å². The lowest BCUT2D eigenvalue weighted by Gasteiger charge is -2.26. The second-order valence-electron chi connectivity index (χ2n) is 5.89. The first-order valence-corrected chi connectivity index (χ1v) is 7.42. The number of aliphatic hydroxyl groups is 1. The fourth-order valence-corrected chi connectivity index (χ4v) is 3.26. The number of benzene rings is 1. The maximum Gasteiger partial charge on any atom is 0.223 e. The number of hydrogen-bond donors (Lipinski definition) is 2. The minimum absolute atomic E-state index is 0.0697. The molecule has 3 nitrogen and oxygen atoms in total. The molecule has 0 aromatic heterocycles. The lowest BCUT2D eigenvalue weighted by Crippen LogP contribution is -2.41. The molecular weight excluding hydrogens is 250 g/mol. The Hall–Kier alpha value is -1.61. The van der Waals surface area contributed by atoms with Crippen molar-refractivity contribution in [3.63, 3.8) is 0 Å². The van der Waals surface area contributed by atoms with Crippen LogP contribution < -0.4 is 5.32 Å². The molecule has 0 spiro atoms. The summed E-state index contributed by atoms with van der Waals surface area (Å²) in [4.78, 5) is 12.2. The Labute approximate surface area is 119 Å². The summed E-state index contributed by atoms with van der Waals surface area (Å²) in [6.07, 6.45) is 8.49. The highest BCUT2D eigenvalue weighted by Crippen LogP contribution is 2.36. The van der Waals surface area contributed by atoms with Crippen molar-refractivity contribution in [1.29, 1.82) is 0 Å². The highest BCUT2D eigenvalue weighted by molar-refractivity contribution is 5.79. The number of rotatable bonds is 3. The van der Waals surface area contributed by atoms with E-state index < -0.39 is 5.60 Å². The van der Waals surface area contributed by atoms with Gasteiger partial charge in [0.15, 0.2) is 0 Å². The minimum atomic E-state index is -0.892. The number of nitrogens with one attached hydrogen (secondary N) is 1.